The topological polar surface area (TPSA) is 146 Å². The van der Waals surface area contributed by atoms with Gasteiger partial charge in [0.15, 0.2) is 10.3 Å². The molecule has 12 nitrogen and oxygen atoms in total. The third-order valence-corrected chi connectivity index (χ3v) is 10.1. The summed E-state index contributed by atoms with van der Waals surface area (Å²) in [4.78, 5) is 62.0. The second-order valence-electron chi connectivity index (χ2n) is 11.5. The number of amides is 2. The number of aromatic nitrogens is 4. The molecule has 4 heterocycles. The maximum atomic E-state index is 13.6. The predicted octanol–water partition coefficient (Wildman–Crippen LogP) is 2.97. The molecule has 6 rings (SSSR count). The highest BCUT2D eigenvalue weighted by Gasteiger charge is 2.20. The molecule has 2 aromatic heterocycles. The number of nitrogens with zero attached hydrogens (tertiary/aromatic N) is 4. The SMILES string of the molecule is O=C(CSc1nc2ccccc2c(=O)n1CCCn1c(SCC(=O)NC[C@H]2CCCO2)nc2ccccc2c1=O)NC[C@H]1CCCO1. The van der Waals surface area contributed by atoms with E-state index in [1.165, 1.54) is 23.5 Å². The highest BCUT2D eigenvalue weighted by molar-refractivity contribution is 8.00. The van der Waals surface area contributed by atoms with Gasteiger partial charge < -0.3 is 20.1 Å². The molecule has 47 heavy (non-hydrogen) atoms. The maximum absolute atomic E-state index is 13.6. The molecule has 0 bridgehead atoms. The summed E-state index contributed by atoms with van der Waals surface area (Å²) in [6.45, 7) is 2.89. The Labute approximate surface area is 280 Å². The number of carbonyl (C=O) groups is 2. The van der Waals surface area contributed by atoms with E-state index >= 15 is 0 Å². The zero-order chi connectivity index (χ0) is 32.6. The summed E-state index contributed by atoms with van der Waals surface area (Å²) < 4.78 is 14.3. The lowest BCUT2D eigenvalue weighted by molar-refractivity contribution is -0.119. The first-order valence-electron chi connectivity index (χ1n) is 16.0. The summed E-state index contributed by atoms with van der Waals surface area (Å²) in [7, 11) is 0. The summed E-state index contributed by atoms with van der Waals surface area (Å²) in [5, 5.41) is 7.66. The Morgan fingerprint density at radius 2 is 1.17 bits per heavy atom. The third-order valence-electron chi connectivity index (χ3n) is 8.18. The number of nitrogens with one attached hydrogen (secondary N) is 2. The van der Waals surface area contributed by atoms with Gasteiger partial charge in [0.1, 0.15) is 0 Å². The number of rotatable bonds is 14. The van der Waals surface area contributed by atoms with Crippen LogP contribution in [-0.2, 0) is 32.2 Å². The molecule has 0 radical (unpaired) electrons. The van der Waals surface area contributed by atoms with Crippen LogP contribution in [0.3, 0.4) is 0 Å². The zero-order valence-corrected chi connectivity index (χ0v) is 27.7. The van der Waals surface area contributed by atoms with Crippen LogP contribution < -0.4 is 21.8 Å². The molecule has 4 aromatic rings. The fourth-order valence-corrected chi connectivity index (χ4v) is 7.44. The second kappa shape index (κ2) is 15.9. The Kier molecular flexibility index (Phi) is 11.2. The van der Waals surface area contributed by atoms with E-state index in [9.17, 15) is 19.2 Å². The van der Waals surface area contributed by atoms with Crippen molar-refractivity contribution in [2.24, 2.45) is 0 Å². The molecule has 2 aliphatic heterocycles. The lowest BCUT2D eigenvalue weighted by Gasteiger charge is -2.16. The number of thioether (sulfide) groups is 2. The van der Waals surface area contributed by atoms with Crippen molar-refractivity contribution in [2.45, 2.75) is 67.7 Å². The van der Waals surface area contributed by atoms with Crippen molar-refractivity contribution in [1.29, 1.82) is 0 Å². The fourth-order valence-electron chi connectivity index (χ4n) is 5.73. The summed E-state index contributed by atoms with van der Waals surface area (Å²) in [5.41, 5.74) is 0.698. The number of para-hydroxylation sites is 2. The number of ether oxygens (including phenoxy) is 2. The summed E-state index contributed by atoms with van der Waals surface area (Å²) in [6, 6.07) is 14.3. The minimum absolute atomic E-state index is 0.0397. The van der Waals surface area contributed by atoms with Crippen molar-refractivity contribution >= 4 is 57.1 Å². The molecule has 2 aliphatic rings. The van der Waals surface area contributed by atoms with E-state index in [1.54, 1.807) is 45.5 Å². The number of hydrogen-bond donors (Lipinski definition) is 2. The minimum Gasteiger partial charge on any atom is -0.376 e. The van der Waals surface area contributed by atoms with Gasteiger partial charge in [0.2, 0.25) is 11.8 Å². The molecule has 2 aromatic carbocycles. The van der Waals surface area contributed by atoms with E-state index in [0.29, 0.717) is 51.6 Å². The standard InChI is InChI=1S/C33H38N6O6S2/c40-28(34-18-22-8-5-16-44-22)20-46-32-36-26-12-3-1-10-24(26)30(42)38(32)14-7-15-39-31(43)25-11-2-4-13-27(25)37-33(39)47-21-29(41)35-19-23-9-6-17-45-23/h1-4,10-13,22-23H,5-9,14-21H2,(H,34,40)(H,35,41)/t22-,23-/m1/s1. The van der Waals surface area contributed by atoms with Crippen LogP contribution in [0, 0.1) is 0 Å². The molecular formula is C33H38N6O6S2. The quantitative estimate of drug-likeness (QED) is 0.151. The lowest BCUT2D eigenvalue weighted by Crippen LogP contribution is -2.33. The van der Waals surface area contributed by atoms with Gasteiger partial charge in [-0.25, -0.2) is 9.97 Å². The molecule has 0 saturated carbocycles. The minimum atomic E-state index is -0.209. The summed E-state index contributed by atoms with van der Waals surface area (Å²) in [6.07, 6.45) is 4.34. The van der Waals surface area contributed by atoms with Crippen molar-refractivity contribution < 1.29 is 19.1 Å². The molecule has 0 aliphatic carbocycles. The molecule has 0 unspecified atom stereocenters. The van der Waals surface area contributed by atoms with Crippen molar-refractivity contribution in [1.82, 2.24) is 29.7 Å². The fraction of sp³-hybridized carbons (Fsp3) is 0.455. The maximum Gasteiger partial charge on any atom is 0.262 e. The number of hydrogen-bond acceptors (Lipinski definition) is 10. The first-order chi connectivity index (χ1) is 23.0. The van der Waals surface area contributed by atoms with Crippen LogP contribution >= 0.6 is 23.5 Å². The Balaban J connectivity index is 1.17. The van der Waals surface area contributed by atoms with Crippen molar-refractivity contribution in [2.75, 3.05) is 37.8 Å². The van der Waals surface area contributed by atoms with Gasteiger partial charge >= 0.3 is 0 Å². The van der Waals surface area contributed by atoms with Gasteiger partial charge in [0.05, 0.1) is 45.5 Å². The van der Waals surface area contributed by atoms with E-state index in [4.69, 9.17) is 19.4 Å². The molecule has 2 amide bonds. The molecule has 2 saturated heterocycles. The number of carbonyl (C=O) groups excluding carboxylic acids is 2. The molecule has 248 valence electrons. The first kappa shape index (κ1) is 33.2. The third kappa shape index (κ3) is 8.42. The predicted molar refractivity (Wildman–Crippen MR) is 182 cm³/mol. The average molecular weight is 679 g/mol. The molecule has 2 N–H and O–H groups in total. The smallest absolute Gasteiger partial charge is 0.262 e. The average Bonchev–Trinajstić information content (AvgIpc) is 3.82. The van der Waals surface area contributed by atoms with Crippen LogP contribution in [0.25, 0.3) is 21.8 Å². The van der Waals surface area contributed by atoms with Crippen LogP contribution in [0.5, 0.6) is 0 Å². The molecule has 0 spiro atoms. The lowest BCUT2D eigenvalue weighted by atomic mass is 10.2. The zero-order valence-electron chi connectivity index (χ0n) is 26.0. The Hall–Kier alpha value is -3.72. The van der Waals surface area contributed by atoms with E-state index in [1.807, 2.05) is 12.1 Å². The van der Waals surface area contributed by atoms with Gasteiger partial charge in [-0.05, 0) is 56.4 Å². The van der Waals surface area contributed by atoms with Crippen LogP contribution in [0.1, 0.15) is 32.1 Å². The normalized spacial score (nSPS) is 17.8. The van der Waals surface area contributed by atoms with Gasteiger partial charge in [0, 0.05) is 39.4 Å². The van der Waals surface area contributed by atoms with Gasteiger partial charge in [-0.1, -0.05) is 47.8 Å². The van der Waals surface area contributed by atoms with Crippen LogP contribution in [-0.4, -0.2) is 80.9 Å². The highest BCUT2D eigenvalue weighted by Crippen LogP contribution is 2.21. The Morgan fingerprint density at radius 1 is 0.723 bits per heavy atom. The van der Waals surface area contributed by atoms with Crippen LogP contribution in [0.15, 0.2) is 68.4 Å². The second-order valence-corrected chi connectivity index (χ2v) is 13.4. The number of benzene rings is 2. The van der Waals surface area contributed by atoms with Crippen LogP contribution in [0.2, 0.25) is 0 Å². The first-order valence-corrected chi connectivity index (χ1v) is 17.9. The molecular weight excluding hydrogens is 641 g/mol. The van der Waals surface area contributed by atoms with E-state index in [0.717, 1.165) is 38.9 Å². The monoisotopic (exact) mass is 678 g/mol. The van der Waals surface area contributed by atoms with Gasteiger partial charge in [-0.15, -0.1) is 0 Å². The van der Waals surface area contributed by atoms with Crippen molar-refractivity contribution in [3.05, 3.63) is 69.2 Å². The summed E-state index contributed by atoms with van der Waals surface area (Å²) in [5.74, 6) is -0.118. The van der Waals surface area contributed by atoms with Crippen molar-refractivity contribution in [3.8, 4) is 0 Å². The largest absolute Gasteiger partial charge is 0.376 e. The summed E-state index contributed by atoms with van der Waals surface area (Å²) >= 11 is 2.41. The molecule has 2 atom stereocenters. The Bertz CT molecular complexity index is 1720. The molecule has 14 heteroatoms. The van der Waals surface area contributed by atoms with Gasteiger partial charge in [-0.2, -0.15) is 0 Å². The van der Waals surface area contributed by atoms with E-state index in [-0.39, 0.29) is 59.7 Å². The van der Waals surface area contributed by atoms with Crippen molar-refractivity contribution in [3.63, 3.8) is 0 Å². The Morgan fingerprint density at radius 3 is 1.60 bits per heavy atom. The van der Waals surface area contributed by atoms with Gasteiger partial charge in [0.25, 0.3) is 11.1 Å². The number of fused-ring (bicyclic) bond motifs is 2. The highest BCUT2D eigenvalue weighted by atomic mass is 32.2. The molecule has 2 fully saturated rings. The van der Waals surface area contributed by atoms with Gasteiger partial charge in [-0.3, -0.25) is 28.3 Å². The van der Waals surface area contributed by atoms with E-state index < -0.39 is 0 Å². The van der Waals surface area contributed by atoms with E-state index in [2.05, 4.69) is 10.6 Å². The van der Waals surface area contributed by atoms with Crippen LogP contribution in [0.4, 0.5) is 0 Å².